The molecule has 0 spiro atoms. The Labute approximate surface area is 118 Å². The quantitative estimate of drug-likeness (QED) is 0.868. The highest BCUT2D eigenvalue weighted by molar-refractivity contribution is 5.57. The molecule has 0 aliphatic heterocycles. The molecule has 2 N–H and O–H groups in total. The number of nitrogens with two attached hydrogens (primary N) is 1. The number of alkyl halides is 3. The molecule has 0 unspecified atom stereocenters. The minimum absolute atomic E-state index is 0.322. The van der Waals surface area contributed by atoms with Crippen LogP contribution in [0.2, 0.25) is 0 Å². The van der Waals surface area contributed by atoms with E-state index in [-0.39, 0.29) is 5.75 Å². The van der Waals surface area contributed by atoms with Crippen LogP contribution in [0.5, 0.6) is 23.0 Å². The van der Waals surface area contributed by atoms with E-state index in [1.165, 1.54) is 19.2 Å². The molecule has 4 nitrogen and oxygen atoms in total. The van der Waals surface area contributed by atoms with E-state index in [0.29, 0.717) is 22.9 Å². The van der Waals surface area contributed by atoms with E-state index in [1.807, 2.05) is 0 Å². The number of anilines is 1. The van der Waals surface area contributed by atoms with Gasteiger partial charge in [-0.25, -0.2) is 0 Å². The third-order valence-corrected chi connectivity index (χ3v) is 2.50. The Morgan fingerprint density at radius 3 is 2.00 bits per heavy atom. The zero-order valence-electron chi connectivity index (χ0n) is 11.0. The molecule has 7 heteroatoms. The lowest BCUT2D eigenvalue weighted by atomic mass is 10.2. The van der Waals surface area contributed by atoms with Crippen molar-refractivity contribution in [3.05, 3.63) is 42.5 Å². The van der Waals surface area contributed by atoms with Crippen molar-refractivity contribution in [2.45, 2.75) is 6.36 Å². The van der Waals surface area contributed by atoms with Gasteiger partial charge in [-0.05, 0) is 36.4 Å². The molecule has 112 valence electrons. The smallest absolute Gasteiger partial charge is 0.497 e. The molecule has 0 atom stereocenters. The number of hydrogen-bond acceptors (Lipinski definition) is 4. The summed E-state index contributed by atoms with van der Waals surface area (Å²) in [7, 11) is 1.51. The Kier molecular flexibility index (Phi) is 4.11. The lowest BCUT2D eigenvalue weighted by molar-refractivity contribution is -0.274. The van der Waals surface area contributed by atoms with Crippen molar-refractivity contribution in [2.24, 2.45) is 0 Å². The molecule has 0 heterocycles. The van der Waals surface area contributed by atoms with E-state index in [2.05, 4.69) is 4.74 Å². The van der Waals surface area contributed by atoms with Crippen molar-refractivity contribution in [2.75, 3.05) is 12.8 Å². The minimum atomic E-state index is -4.72. The number of hydrogen-bond donors (Lipinski definition) is 1. The van der Waals surface area contributed by atoms with Crippen LogP contribution in [-0.2, 0) is 0 Å². The Morgan fingerprint density at radius 2 is 1.48 bits per heavy atom. The zero-order valence-corrected chi connectivity index (χ0v) is 11.0. The summed E-state index contributed by atoms with van der Waals surface area (Å²) in [5.41, 5.74) is 6.13. The van der Waals surface area contributed by atoms with E-state index >= 15 is 0 Å². The molecule has 0 saturated carbocycles. The second-order valence-electron chi connectivity index (χ2n) is 4.03. The molecule has 0 aliphatic carbocycles. The highest BCUT2D eigenvalue weighted by atomic mass is 19.4. The first kappa shape index (κ1) is 14.8. The van der Waals surface area contributed by atoms with E-state index < -0.39 is 6.36 Å². The number of methoxy groups -OCH3 is 1. The third kappa shape index (κ3) is 4.20. The molecule has 0 aliphatic rings. The van der Waals surface area contributed by atoms with Gasteiger partial charge in [0.1, 0.15) is 17.2 Å². The lowest BCUT2D eigenvalue weighted by Crippen LogP contribution is -2.16. The molecule has 2 rings (SSSR count). The van der Waals surface area contributed by atoms with Gasteiger partial charge in [-0.2, -0.15) is 0 Å². The van der Waals surface area contributed by atoms with E-state index in [9.17, 15) is 13.2 Å². The molecule has 0 bridgehead atoms. The van der Waals surface area contributed by atoms with Crippen LogP contribution in [0.1, 0.15) is 0 Å². The standard InChI is InChI=1S/C14H12F3NO3/c1-19-11-6-7-13(12(18)8-11)20-9-2-4-10(5-3-9)21-14(15,16)17/h2-8H,18H2,1H3. The van der Waals surface area contributed by atoms with E-state index in [0.717, 1.165) is 12.1 Å². The summed E-state index contributed by atoms with van der Waals surface area (Å²) in [4.78, 5) is 0. The number of halogens is 3. The molecule has 2 aromatic rings. The van der Waals surface area contributed by atoms with Crippen LogP contribution in [0.4, 0.5) is 18.9 Å². The first-order valence-electron chi connectivity index (χ1n) is 5.84. The third-order valence-electron chi connectivity index (χ3n) is 2.50. The highest BCUT2D eigenvalue weighted by Gasteiger charge is 2.30. The summed E-state index contributed by atoms with van der Waals surface area (Å²) in [5.74, 6) is 0.966. The van der Waals surface area contributed by atoms with Crippen molar-refractivity contribution in [3.63, 3.8) is 0 Å². The van der Waals surface area contributed by atoms with Crippen LogP contribution in [0.3, 0.4) is 0 Å². The van der Waals surface area contributed by atoms with Crippen LogP contribution in [0.15, 0.2) is 42.5 Å². The van der Waals surface area contributed by atoms with Crippen molar-refractivity contribution in [1.82, 2.24) is 0 Å². The fraction of sp³-hybridized carbons (Fsp3) is 0.143. The van der Waals surface area contributed by atoms with Gasteiger partial charge in [-0.15, -0.1) is 13.2 Å². The summed E-state index contributed by atoms with van der Waals surface area (Å²) in [5, 5.41) is 0. The fourth-order valence-corrected chi connectivity index (χ4v) is 1.58. The van der Waals surface area contributed by atoms with Crippen molar-refractivity contribution < 1.29 is 27.4 Å². The summed E-state index contributed by atoms with van der Waals surface area (Å²) in [6.45, 7) is 0. The molecule has 21 heavy (non-hydrogen) atoms. The van der Waals surface area contributed by atoms with Gasteiger partial charge in [0.2, 0.25) is 0 Å². The van der Waals surface area contributed by atoms with Crippen molar-refractivity contribution >= 4 is 5.69 Å². The van der Waals surface area contributed by atoms with Crippen LogP contribution in [0.25, 0.3) is 0 Å². The van der Waals surface area contributed by atoms with Crippen LogP contribution >= 0.6 is 0 Å². The Hall–Kier alpha value is -2.57. The maximum atomic E-state index is 12.0. The molecular weight excluding hydrogens is 287 g/mol. The van der Waals surface area contributed by atoms with Gasteiger partial charge >= 0.3 is 6.36 Å². The summed E-state index contributed by atoms with van der Waals surface area (Å²) < 4.78 is 50.3. The van der Waals surface area contributed by atoms with Gasteiger partial charge in [0.05, 0.1) is 12.8 Å². The maximum absolute atomic E-state index is 12.0. The maximum Gasteiger partial charge on any atom is 0.573 e. The first-order valence-corrected chi connectivity index (χ1v) is 5.84. The zero-order chi connectivity index (χ0) is 15.5. The molecule has 0 fully saturated rings. The first-order chi connectivity index (χ1) is 9.87. The average Bonchev–Trinajstić information content (AvgIpc) is 2.41. The number of rotatable bonds is 4. The van der Waals surface area contributed by atoms with Crippen LogP contribution in [0, 0.1) is 0 Å². The monoisotopic (exact) mass is 299 g/mol. The van der Waals surface area contributed by atoms with Gasteiger partial charge in [0.25, 0.3) is 0 Å². The van der Waals surface area contributed by atoms with Gasteiger partial charge in [0, 0.05) is 6.07 Å². The van der Waals surface area contributed by atoms with E-state index in [4.69, 9.17) is 15.2 Å². The Bertz CT molecular complexity index is 612. The number of benzene rings is 2. The molecule has 0 saturated heterocycles. The highest BCUT2D eigenvalue weighted by Crippen LogP contribution is 2.32. The topological polar surface area (TPSA) is 53.7 Å². The number of nitrogen functional groups attached to an aromatic ring is 1. The number of ether oxygens (including phenoxy) is 3. The predicted molar refractivity (Wildman–Crippen MR) is 70.6 cm³/mol. The second-order valence-corrected chi connectivity index (χ2v) is 4.03. The Balaban J connectivity index is 2.10. The average molecular weight is 299 g/mol. The van der Waals surface area contributed by atoms with Gasteiger partial charge in [-0.3, -0.25) is 0 Å². The SMILES string of the molecule is COc1ccc(Oc2ccc(OC(F)(F)F)cc2)c(N)c1. The Morgan fingerprint density at radius 1 is 0.905 bits per heavy atom. The summed E-state index contributed by atoms with van der Waals surface area (Å²) in [6, 6.07) is 9.86. The second kappa shape index (κ2) is 5.82. The van der Waals surface area contributed by atoms with Gasteiger partial charge in [-0.1, -0.05) is 0 Å². The molecule has 0 radical (unpaired) electrons. The summed E-state index contributed by atoms with van der Waals surface area (Å²) >= 11 is 0. The van der Waals surface area contributed by atoms with Crippen LogP contribution in [-0.4, -0.2) is 13.5 Å². The molecule has 0 aromatic heterocycles. The largest absolute Gasteiger partial charge is 0.573 e. The lowest BCUT2D eigenvalue weighted by Gasteiger charge is -2.11. The fourth-order valence-electron chi connectivity index (χ4n) is 1.58. The molecule has 2 aromatic carbocycles. The van der Waals surface area contributed by atoms with Crippen molar-refractivity contribution in [3.8, 4) is 23.0 Å². The van der Waals surface area contributed by atoms with E-state index in [1.54, 1.807) is 18.2 Å². The van der Waals surface area contributed by atoms with Crippen molar-refractivity contribution in [1.29, 1.82) is 0 Å². The molecular formula is C14H12F3NO3. The normalized spacial score (nSPS) is 11.0. The summed E-state index contributed by atoms with van der Waals surface area (Å²) in [6.07, 6.45) is -4.72. The minimum Gasteiger partial charge on any atom is -0.497 e. The van der Waals surface area contributed by atoms with Gasteiger partial charge < -0.3 is 19.9 Å². The van der Waals surface area contributed by atoms with Crippen LogP contribution < -0.4 is 19.9 Å². The predicted octanol–water partition coefficient (Wildman–Crippen LogP) is 3.97. The van der Waals surface area contributed by atoms with Gasteiger partial charge in [0.15, 0.2) is 5.75 Å². The molecule has 0 amide bonds.